The van der Waals surface area contributed by atoms with Crippen LogP contribution in [0, 0.1) is 12.8 Å². The van der Waals surface area contributed by atoms with E-state index >= 15 is 0 Å². The van der Waals surface area contributed by atoms with Crippen molar-refractivity contribution in [3.05, 3.63) is 43.3 Å². The van der Waals surface area contributed by atoms with E-state index in [9.17, 15) is 0 Å². The van der Waals surface area contributed by atoms with E-state index in [1.807, 2.05) is 31.2 Å². The summed E-state index contributed by atoms with van der Waals surface area (Å²) in [5.41, 5.74) is 0.758. The number of rotatable bonds is 9. The molecule has 6 nitrogen and oxygen atoms in total. The minimum Gasteiger partial charge on any atom is -0.367 e. The zero-order valence-corrected chi connectivity index (χ0v) is 14.2. The Morgan fingerprint density at radius 2 is 1.91 bits per heavy atom. The lowest BCUT2D eigenvalue weighted by molar-refractivity contribution is 0.199. The second-order valence-corrected chi connectivity index (χ2v) is 5.96. The summed E-state index contributed by atoms with van der Waals surface area (Å²) in [6.07, 6.45) is 3.87. The molecule has 0 aromatic carbocycles. The molecule has 23 heavy (non-hydrogen) atoms. The topological polar surface area (TPSA) is 58.3 Å². The molecule has 0 spiro atoms. The quantitative estimate of drug-likeness (QED) is 0.721. The minimum absolute atomic E-state index is 0.366. The van der Waals surface area contributed by atoms with Gasteiger partial charge in [-0.25, -0.2) is 0 Å². The molecule has 6 heteroatoms. The molecule has 0 fully saturated rings. The highest BCUT2D eigenvalue weighted by atomic mass is 15.4. The molecule has 0 saturated heterocycles. The van der Waals surface area contributed by atoms with Gasteiger partial charge in [-0.3, -0.25) is 4.90 Å². The Morgan fingerprint density at radius 1 is 1.22 bits per heavy atom. The first-order chi connectivity index (χ1) is 11.1. The summed E-state index contributed by atoms with van der Waals surface area (Å²) in [4.78, 5) is 2.36. The maximum atomic E-state index is 4.54. The van der Waals surface area contributed by atoms with E-state index < -0.39 is 0 Å². The highest BCUT2D eigenvalue weighted by molar-refractivity contribution is 5.43. The molecule has 0 aliphatic rings. The fraction of sp³-hybridized carbons (Fsp3) is 0.471. The molecular weight excluding hydrogens is 288 g/mol. The predicted octanol–water partition coefficient (Wildman–Crippen LogP) is 2.54. The molecule has 1 unspecified atom stereocenters. The van der Waals surface area contributed by atoms with Crippen molar-refractivity contribution in [3.8, 4) is 0 Å². The summed E-state index contributed by atoms with van der Waals surface area (Å²) in [5, 5.41) is 16.1. The van der Waals surface area contributed by atoms with Crippen molar-refractivity contribution in [2.45, 2.75) is 26.8 Å². The first kappa shape index (κ1) is 17.1. The van der Waals surface area contributed by atoms with Gasteiger partial charge in [0.2, 0.25) is 0 Å². The second kappa shape index (κ2) is 7.87. The Hall–Kier alpha value is -2.21. The predicted molar refractivity (Wildman–Crippen MR) is 94.6 cm³/mol. The Bertz CT molecular complexity index is 650. The number of aryl methyl sites for hydroxylation is 1. The van der Waals surface area contributed by atoms with Crippen molar-refractivity contribution >= 4 is 11.5 Å². The van der Waals surface area contributed by atoms with Crippen LogP contribution < -0.4 is 5.32 Å². The van der Waals surface area contributed by atoms with E-state index in [-0.39, 0.29) is 0 Å². The smallest absolute Gasteiger partial charge is 0.178 e. The fourth-order valence-corrected chi connectivity index (χ4v) is 2.66. The van der Waals surface area contributed by atoms with Crippen LogP contribution in [0.3, 0.4) is 0 Å². The van der Waals surface area contributed by atoms with Crippen molar-refractivity contribution in [2.24, 2.45) is 5.92 Å². The zero-order chi connectivity index (χ0) is 16.8. The van der Waals surface area contributed by atoms with E-state index in [0.29, 0.717) is 12.0 Å². The van der Waals surface area contributed by atoms with Gasteiger partial charge in [0.25, 0.3) is 0 Å². The standard InChI is InChI=1S/C17H26N6/c1-6-10-22(11-7-2)15(13(3)4)12-18-16-8-9-17-20-19-14(5)23(17)21-16/h6-9,13,15H,1-2,10-12H2,3-5H3,(H,18,21). The Morgan fingerprint density at radius 3 is 2.52 bits per heavy atom. The lowest BCUT2D eigenvalue weighted by Crippen LogP contribution is -2.44. The summed E-state index contributed by atoms with van der Waals surface area (Å²) in [6, 6.07) is 4.22. The van der Waals surface area contributed by atoms with Gasteiger partial charge in [-0.05, 0) is 25.0 Å². The number of aromatic nitrogens is 4. The number of hydrogen-bond donors (Lipinski definition) is 1. The van der Waals surface area contributed by atoms with E-state index in [1.165, 1.54) is 0 Å². The molecule has 0 bridgehead atoms. The van der Waals surface area contributed by atoms with Crippen LogP contribution in [-0.4, -0.2) is 50.4 Å². The summed E-state index contributed by atoms with van der Waals surface area (Å²) >= 11 is 0. The third-order valence-corrected chi connectivity index (χ3v) is 3.88. The number of fused-ring (bicyclic) bond motifs is 1. The van der Waals surface area contributed by atoms with Crippen molar-refractivity contribution in [2.75, 3.05) is 25.0 Å². The van der Waals surface area contributed by atoms with Crippen LogP contribution in [0.1, 0.15) is 19.7 Å². The average molecular weight is 314 g/mol. The molecule has 0 aliphatic heterocycles. The molecule has 2 rings (SSSR count). The van der Waals surface area contributed by atoms with Gasteiger partial charge in [0.15, 0.2) is 11.5 Å². The Labute approximate surface area is 137 Å². The molecule has 2 heterocycles. The van der Waals surface area contributed by atoms with Crippen LogP contribution in [0.2, 0.25) is 0 Å². The van der Waals surface area contributed by atoms with Crippen LogP contribution in [0.15, 0.2) is 37.4 Å². The number of nitrogens with zero attached hydrogens (tertiary/aromatic N) is 5. The largest absolute Gasteiger partial charge is 0.367 e. The van der Waals surface area contributed by atoms with E-state index in [2.05, 4.69) is 52.5 Å². The number of nitrogens with one attached hydrogen (secondary N) is 1. The van der Waals surface area contributed by atoms with E-state index in [0.717, 1.165) is 36.9 Å². The van der Waals surface area contributed by atoms with Gasteiger partial charge >= 0.3 is 0 Å². The van der Waals surface area contributed by atoms with Gasteiger partial charge in [-0.15, -0.1) is 28.5 Å². The van der Waals surface area contributed by atoms with E-state index in [1.54, 1.807) is 4.52 Å². The first-order valence-corrected chi connectivity index (χ1v) is 7.95. The maximum Gasteiger partial charge on any atom is 0.178 e. The molecule has 0 amide bonds. The van der Waals surface area contributed by atoms with Gasteiger partial charge in [-0.1, -0.05) is 26.0 Å². The first-order valence-electron chi connectivity index (χ1n) is 7.95. The summed E-state index contributed by atoms with van der Waals surface area (Å²) in [5.74, 6) is 2.11. The lowest BCUT2D eigenvalue weighted by atomic mass is 10.0. The van der Waals surface area contributed by atoms with Crippen LogP contribution in [-0.2, 0) is 0 Å². The summed E-state index contributed by atoms with van der Waals surface area (Å²) < 4.78 is 1.75. The van der Waals surface area contributed by atoms with Gasteiger partial charge in [0.1, 0.15) is 5.82 Å². The highest BCUT2D eigenvalue weighted by Gasteiger charge is 2.20. The minimum atomic E-state index is 0.366. The Balaban J connectivity index is 2.11. The monoisotopic (exact) mass is 314 g/mol. The molecule has 1 N–H and O–H groups in total. The lowest BCUT2D eigenvalue weighted by Gasteiger charge is -2.33. The van der Waals surface area contributed by atoms with Crippen LogP contribution in [0.25, 0.3) is 5.65 Å². The fourth-order valence-electron chi connectivity index (χ4n) is 2.66. The van der Waals surface area contributed by atoms with Crippen LogP contribution >= 0.6 is 0 Å². The molecule has 0 saturated carbocycles. The molecule has 2 aromatic rings. The van der Waals surface area contributed by atoms with Crippen molar-refractivity contribution in [3.63, 3.8) is 0 Å². The van der Waals surface area contributed by atoms with Crippen LogP contribution in [0.5, 0.6) is 0 Å². The number of anilines is 1. The second-order valence-electron chi connectivity index (χ2n) is 5.96. The zero-order valence-electron chi connectivity index (χ0n) is 14.2. The molecule has 2 aromatic heterocycles. The SMILES string of the molecule is C=CCN(CC=C)C(CNc1ccc2nnc(C)n2n1)C(C)C. The van der Waals surface area contributed by atoms with Crippen molar-refractivity contribution in [1.82, 2.24) is 24.7 Å². The van der Waals surface area contributed by atoms with Gasteiger partial charge in [-0.2, -0.15) is 4.52 Å². The molecule has 124 valence electrons. The molecular formula is C17H26N6. The van der Waals surface area contributed by atoms with Gasteiger partial charge in [0, 0.05) is 25.7 Å². The number of hydrogen-bond acceptors (Lipinski definition) is 5. The average Bonchev–Trinajstić information content (AvgIpc) is 2.88. The van der Waals surface area contributed by atoms with Crippen molar-refractivity contribution in [1.29, 1.82) is 0 Å². The highest BCUT2D eigenvalue weighted by Crippen LogP contribution is 2.13. The molecule has 0 radical (unpaired) electrons. The molecule has 1 atom stereocenters. The Kier molecular flexibility index (Phi) is 5.87. The molecule has 0 aliphatic carbocycles. The normalized spacial score (nSPS) is 12.7. The van der Waals surface area contributed by atoms with E-state index in [4.69, 9.17) is 0 Å². The van der Waals surface area contributed by atoms with Gasteiger partial charge < -0.3 is 5.32 Å². The third kappa shape index (κ3) is 4.16. The summed E-state index contributed by atoms with van der Waals surface area (Å²) in [7, 11) is 0. The summed E-state index contributed by atoms with van der Waals surface area (Å²) in [6.45, 7) is 16.5. The van der Waals surface area contributed by atoms with Crippen molar-refractivity contribution < 1.29 is 0 Å². The third-order valence-electron chi connectivity index (χ3n) is 3.88. The van der Waals surface area contributed by atoms with Gasteiger partial charge in [0.05, 0.1) is 0 Å². The van der Waals surface area contributed by atoms with Crippen LogP contribution in [0.4, 0.5) is 5.82 Å². The maximum absolute atomic E-state index is 4.54.